The molecule has 0 aliphatic rings. The van der Waals surface area contributed by atoms with E-state index in [4.69, 9.17) is 18.9 Å². The Kier molecular flexibility index (Phi) is 13.7. The molecule has 0 radical (unpaired) electrons. The maximum atomic E-state index is 11.5. The maximum absolute atomic E-state index is 11.5. The molecule has 14 heteroatoms. The highest BCUT2D eigenvalue weighted by molar-refractivity contribution is 5.81. The molecule has 0 aliphatic carbocycles. The van der Waals surface area contributed by atoms with Gasteiger partial charge in [-0.15, -0.1) is 10.2 Å². The highest BCUT2D eigenvalue weighted by atomic mass is 16.6. The summed E-state index contributed by atoms with van der Waals surface area (Å²) in [4.78, 5) is 35.7. The molecular weight excluding hydrogens is 608 g/mol. The molecule has 3 aromatic carbocycles. The monoisotopic (exact) mass is 644 g/mol. The van der Waals surface area contributed by atoms with Crippen LogP contribution in [0, 0.1) is 17.0 Å². The standard InChI is InChI=1S/C33H36N6O8/c1-6-32(40)46-18-16-44-30-22-29(37-35-27-15-14-26(20-23(27)5)38(8-3)9-4)31(45-17-19-47-33(41)7-2)21-28(30)36-34-24-10-12-25(13-11-24)39(42)43/h6-7,10-15,20-22H,1-2,8-9,16-19H2,3-5H3/b36-34+,37-35+. The van der Waals surface area contributed by atoms with E-state index in [9.17, 15) is 19.7 Å². The molecule has 3 rings (SSSR count). The highest BCUT2D eigenvalue weighted by Crippen LogP contribution is 2.42. The molecule has 0 aliphatic heterocycles. The first-order chi connectivity index (χ1) is 22.7. The van der Waals surface area contributed by atoms with Gasteiger partial charge in [-0.1, -0.05) is 13.2 Å². The highest BCUT2D eigenvalue weighted by Gasteiger charge is 2.15. The molecule has 0 unspecified atom stereocenters. The Labute approximate surface area is 272 Å². The SMILES string of the molecule is C=CC(=O)OCCOc1cc(/N=N/c2ccc(N(CC)CC)cc2C)c(OCCOC(=O)C=C)cc1/N=N/c1ccc([N+](=O)[O-])cc1. The predicted molar refractivity (Wildman–Crippen MR) is 176 cm³/mol. The summed E-state index contributed by atoms with van der Waals surface area (Å²) in [6.45, 7) is 14.4. The van der Waals surface area contributed by atoms with Crippen molar-refractivity contribution in [1.82, 2.24) is 0 Å². The number of nitro groups is 1. The minimum Gasteiger partial charge on any atom is -0.488 e. The molecule has 246 valence electrons. The summed E-state index contributed by atoms with van der Waals surface area (Å²) in [7, 11) is 0. The largest absolute Gasteiger partial charge is 0.488 e. The van der Waals surface area contributed by atoms with Crippen LogP contribution in [0.4, 0.5) is 34.1 Å². The van der Waals surface area contributed by atoms with E-state index in [1.54, 1.807) is 0 Å². The second-order valence-electron chi connectivity index (χ2n) is 9.54. The molecule has 0 amide bonds. The van der Waals surface area contributed by atoms with Crippen molar-refractivity contribution in [2.75, 3.05) is 44.4 Å². The molecule has 0 aromatic heterocycles. The number of nitrogens with zero attached hydrogens (tertiary/aromatic N) is 6. The van der Waals surface area contributed by atoms with Crippen LogP contribution in [0.25, 0.3) is 0 Å². The van der Waals surface area contributed by atoms with Crippen LogP contribution in [0.1, 0.15) is 19.4 Å². The van der Waals surface area contributed by atoms with Gasteiger partial charge in [-0.05, 0) is 56.7 Å². The van der Waals surface area contributed by atoms with Crippen molar-refractivity contribution in [3.63, 3.8) is 0 Å². The van der Waals surface area contributed by atoms with Crippen LogP contribution in [0.15, 0.2) is 100 Å². The van der Waals surface area contributed by atoms with Gasteiger partial charge in [-0.25, -0.2) is 9.59 Å². The van der Waals surface area contributed by atoms with Crippen LogP contribution in [0.3, 0.4) is 0 Å². The molecule has 0 bridgehead atoms. The lowest BCUT2D eigenvalue weighted by Gasteiger charge is -2.21. The minimum absolute atomic E-state index is 0.0314. The molecular formula is C33H36N6O8. The van der Waals surface area contributed by atoms with E-state index in [2.05, 4.69) is 52.4 Å². The lowest BCUT2D eigenvalue weighted by atomic mass is 10.1. The van der Waals surface area contributed by atoms with E-state index in [0.29, 0.717) is 11.4 Å². The number of rotatable bonds is 18. The van der Waals surface area contributed by atoms with Crippen LogP contribution in [-0.2, 0) is 19.1 Å². The number of ether oxygens (including phenoxy) is 4. The summed E-state index contributed by atoms with van der Waals surface area (Å²) in [6, 6.07) is 14.4. The van der Waals surface area contributed by atoms with Crippen LogP contribution in [0.2, 0.25) is 0 Å². The number of esters is 2. The number of benzene rings is 3. The molecule has 0 saturated heterocycles. The lowest BCUT2D eigenvalue weighted by molar-refractivity contribution is -0.384. The summed E-state index contributed by atoms with van der Waals surface area (Å²) < 4.78 is 21.8. The Hall–Kier alpha value is -5.92. The Morgan fingerprint density at radius 1 is 0.766 bits per heavy atom. The van der Waals surface area contributed by atoms with Crippen molar-refractivity contribution < 1.29 is 33.5 Å². The number of nitro benzene ring substituents is 1. The zero-order valence-corrected chi connectivity index (χ0v) is 26.5. The van der Waals surface area contributed by atoms with Crippen molar-refractivity contribution in [2.24, 2.45) is 20.5 Å². The Balaban J connectivity index is 2.01. The summed E-state index contributed by atoms with van der Waals surface area (Å²) in [5.41, 5.74) is 3.32. The molecule has 0 atom stereocenters. The maximum Gasteiger partial charge on any atom is 0.330 e. The second-order valence-corrected chi connectivity index (χ2v) is 9.54. The third kappa shape index (κ3) is 10.9. The van der Waals surface area contributed by atoms with Gasteiger partial charge in [0, 0.05) is 55.2 Å². The van der Waals surface area contributed by atoms with Gasteiger partial charge in [0.25, 0.3) is 5.69 Å². The second kappa shape index (κ2) is 18.1. The van der Waals surface area contributed by atoms with Gasteiger partial charge in [0.1, 0.15) is 49.3 Å². The van der Waals surface area contributed by atoms with Crippen molar-refractivity contribution in [3.05, 3.63) is 95.6 Å². The predicted octanol–water partition coefficient (Wildman–Crippen LogP) is 7.80. The van der Waals surface area contributed by atoms with E-state index in [1.807, 2.05) is 25.1 Å². The summed E-state index contributed by atoms with van der Waals surface area (Å²) >= 11 is 0. The Morgan fingerprint density at radius 2 is 1.28 bits per heavy atom. The van der Waals surface area contributed by atoms with Crippen LogP contribution >= 0.6 is 0 Å². The van der Waals surface area contributed by atoms with Crippen molar-refractivity contribution in [1.29, 1.82) is 0 Å². The van der Waals surface area contributed by atoms with Gasteiger partial charge in [0.2, 0.25) is 0 Å². The number of hydrogen-bond acceptors (Lipinski definition) is 13. The molecule has 0 heterocycles. The normalized spacial score (nSPS) is 10.9. The van der Waals surface area contributed by atoms with Crippen molar-refractivity contribution in [3.8, 4) is 11.5 Å². The zero-order chi connectivity index (χ0) is 34.2. The third-order valence-electron chi connectivity index (χ3n) is 6.45. The van der Waals surface area contributed by atoms with Gasteiger partial charge >= 0.3 is 11.9 Å². The fraction of sp³-hybridized carbons (Fsp3) is 0.273. The minimum atomic E-state index is -0.607. The topological polar surface area (TPSA) is 167 Å². The van der Waals surface area contributed by atoms with Crippen LogP contribution in [0.5, 0.6) is 11.5 Å². The molecule has 0 N–H and O–H groups in total. The van der Waals surface area contributed by atoms with E-state index in [-0.39, 0.29) is 55.0 Å². The first-order valence-electron chi connectivity index (χ1n) is 14.6. The average molecular weight is 645 g/mol. The number of non-ortho nitro benzene ring substituents is 1. The fourth-order valence-electron chi connectivity index (χ4n) is 4.03. The molecule has 0 fully saturated rings. The Morgan fingerprint density at radius 3 is 1.74 bits per heavy atom. The van der Waals surface area contributed by atoms with Gasteiger partial charge in [-0.3, -0.25) is 10.1 Å². The summed E-state index contributed by atoms with van der Waals surface area (Å²) in [5.74, 6) is -0.776. The van der Waals surface area contributed by atoms with Gasteiger partial charge in [0.05, 0.1) is 16.3 Å². The zero-order valence-electron chi connectivity index (χ0n) is 26.5. The number of azo groups is 2. The fourth-order valence-corrected chi connectivity index (χ4v) is 4.03. The number of carbonyl (C=O) groups is 2. The van der Waals surface area contributed by atoms with Gasteiger partial charge < -0.3 is 23.8 Å². The Bertz CT molecular complexity index is 1630. The lowest BCUT2D eigenvalue weighted by Crippen LogP contribution is -2.21. The van der Waals surface area contributed by atoms with E-state index in [1.165, 1.54) is 36.4 Å². The van der Waals surface area contributed by atoms with E-state index >= 15 is 0 Å². The number of aryl methyl sites for hydroxylation is 1. The van der Waals surface area contributed by atoms with E-state index < -0.39 is 16.9 Å². The molecule has 3 aromatic rings. The smallest absolute Gasteiger partial charge is 0.330 e. The van der Waals surface area contributed by atoms with Crippen molar-refractivity contribution >= 4 is 46.1 Å². The summed E-state index contributed by atoms with van der Waals surface area (Å²) in [6.07, 6.45) is 2.08. The molecule has 47 heavy (non-hydrogen) atoms. The summed E-state index contributed by atoms with van der Waals surface area (Å²) in [5, 5.41) is 28.4. The van der Waals surface area contributed by atoms with Gasteiger partial charge in [0.15, 0.2) is 0 Å². The average Bonchev–Trinajstić information content (AvgIpc) is 3.08. The first-order valence-corrected chi connectivity index (χ1v) is 14.6. The molecule has 0 saturated carbocycles. The molecule has 14 nitrogen and oxygen atoms in total. The van der Waals surface area contributed by atoms with Crippen LogP contribution < -0.4 is 14.4 Å². The quantitative estimate of drug-likeness (QED) is 0.0335. The van der Waals surface area contributed by atoms with Crippen LogP contribution in [-0.4, -0.2) is 56.4 Å². The van der Waals surface area contributed by atoms with E-state index in [0.717, 1.165) is 36.5 Å². The number of hydrogen-bond donors (Lipinski definition) is 0. The van der Waals surface area contributed by atoms with Crippen molar-refractivity contribution in [2.45, 2.75) is 20.8 Å². The van der Waals surface area contributed by atoms with Gasteiger partial charge in [-0.2, -0.15) is 10.2 Å². The number of carbonyl (C=O) groups excluding carboxylic acids is 2. The first kappa shape index (κ1) is 35.6. The number of anilines is 1. The third-order valence-corrected chi connectivity index (χ3v) is 6.45. The molecule has 0 spiro atoms.